The predicted molar refractivity (Wildman–Crippen MR) is 71.4 cm³/mol. The van der Waals surface area contributed by atoms with Gasteiger partial charge in [-0.3, -0.25) is 0 Å². The lowest BCUT2D eigenvalue weighted by molar-refractivity contribution is 0.483. The van der Waals surface area contributed by atoms with Crippen molar-refractivity contribution < 1.29 is 5.11 Å². The number of aryl methyl sites for hydroxylation is 1. The molecule has 1 N–H and O–H groups in total. The molecule has 0 spiro atoms. The van der Waals surface area contributed by atoms with E-state index in [9.17, 15) is 5.11 Å². The summed E-state index contributed by atoms with van der Waals surface area (Å²) in [5.41, 5.74) is 1.48. The van der Waals surface area contributed by atoms with Gasteiger partial charge >= 0.3 is 0 Å². The first-order valence-corrected chi connectivity index (χ1v) is 5.76. The summed E-state index contributed by atoms with van der Waals surface area (Å²) in [4.78, 5) is 8.40. The zero-order valence-corrected chi connectivity index (χ0v) is 9.96. The molecule has 88 valence electrons. The Kier molecular flexibility index (Phi) is 2.45. The molecule has 1 aromatic heterocycles. The van der Waals surface area contributed by atoms with Crippen LogP contribution >= 0.6 is 0 Å². The minimum atomic E-state index is 0.270. The number of aromatic hydroxyl groups is 1. The van der Waals surface area contributed by atoms with Crippen molar-refractivity contribution >= 4 is 10.8 Å². The number of hydrogen-bond acceptors (Lipinski definition) is 3. The smallest absolute Gasteiger partial charge is 0.132 e. The van der Waals surface area contributed by atoms with Gasteiger partial charge < -0.3 is 5.11 Å². The van der Waals surface area contributed by atoms with Crippen LogP contribution in [0, 0.1) is 6.92 Å². The van der Waals surface area contributed by atoms with Crippen LogP contribution in [0.15, 0.2) is 48.7 Å². The van der Waals surface area contributed by atoms with Crippen LogP contribution < -0.4 is 0 Å². The van der Waals surface area contributed by atoms with Crippen LogP contribution in [0.2, 0.25) is 0 Å². The fraction of sp³-hybridized carbons (Fsp3) is 0.0667. The van der Waals surface area contributed by atoms with Crippen molar-refractivity contribution in [3.63, 3.8) is 0 Å². The second-order valence-corrected chi connectivity index (χ2v) is 4.17. The van der Waals surface area contributed by atoms with Gasteiger partial charge in [-0.2, -0.15) is 0 Å². The van der Waals surface area contributed by atoms with Crippen molar-refractivity contribution in [1.82, 2.24) is 9.97 Å². The molecule has 0 amide bonds. The summed E-state index contributed by atoms with van der Waals surface area (Å²) in [6.45, 7) is 1.83. The molecule has 0 aliphatic carbocycles. The molecule has 3 nitrogen and oxygen atoms in total. The van der Waals surface area contributed by atoms with Crippen molar-refractivity contribution in [1.29, 1.82) is 0 Å². The molecular weight excluding hydrogens is 224 g/mol. The van der Waals surface area contributed by atoms with Gasteiger partial charge in [-0.1, -0.05) is 30.3 Å². The van der Waals surface area contributed by atoms with Crippen LogP contribution in [0.4, 0.5) is 0 Å². The SMILES string of the molecule is Cc1nccc(-c2ccc3ccccc3c2O)n1. The molecule has 0 aliphatic rings. The number of phenolic OH excluding ortho intramolecular Hbond substituents is 1. The number of phenols is 1. The van der Waals surface area contributed by atoms with Crippen molar-refractivity contribution in [2.24, 2.45) is 0 Å². The Labute approximate surface area is 105 Å². The molecule has 0 fully saturated rings. The van der Waals surface area contributed by atoms with Crippen LogP contribution in [-0.2, 0) is 0 Å². The minimum absolute atomic E-state index is 0.270. The third-order valence-corrected chi connectivity index (χ3v) is 2.95. The molecule has 0 radical (unpaired) electrons. The normalized spacial score (nSPS) is 10.7. The lowest BCUT2D eigenvalue weighted by Gasteiger charge is -2.07. The zero-order chi connectivity index (χ0) is 12.5. The average Bonchev–Trinajstić information content (AvgIpc) is 2.39. The molecule has 3 heteroatoms. The van der Waals surface area contributed by atoms with Crippen molar-refractivity contribution in [3.05, 3.63) is 54.5 Å². The van der Waals surface area contributed by atoms with Gasteiger partial charge in [0.05, 0.1) is 5.69 Å². The van der Waals surface area contributed by atoms with Crippen molar-refractivity contribution in [2.75, 3.05) is 0 Å². The van der Waals surface area contributed by atoms with E-state index < -0.39 is 0 Å². The van der Waals surface area contributed by atoms with E-state index in [1.54, 1.807) is 12.3 Å². The monoisotopic (exact) mass is 236 g/mol. The summed E-state index contributed by atoms with van der Waals surface area (Å²) in [7, 11) is 0. The fourth-order valence-corrected chi connectivity index (χ4v) is 2.07. The predicted octanol–water partition coefficient (Wildman–Crippen LogP) is 3.31. The van der Waals surface area contributed by atoms with E-state index in [1.165, 1.54) is 0 Å². The minimum Gasteiger partial charge on any atom is -0.507 e. The Hall–Kier alpha value is -2.42. The topological polar surface area (TPSA) is 46.0 Å². The summed E-state index contributed by atoms with van der Waals surface area (Å²) >= 11 is 0. The Bertz CT molecular complexity index is 723. The van der Waals surface area contributed by atoms with Gasteiger partial charge in [0.2, 0.25) is 0 Å². The van der Waals surface area contributed by atoms with E-state index >= 15 is 0 Å². The maximum atomic E-state index is 10.3. The average molecular weight is 236 g/mol. The lowest BCUT2D eigenvalue weighted by atomic mass is 10.0. The number of hydrogen-bond donors (Lipinski definition) is 1. The third kappa shape index (κ3) is 1.70. The molecule has 0 saturated heterocycles. The van der Waals surface area contributed by atoms with Crippen LogP contribution in [0.5, 0.6) is 5.75 Å². The highest BCUT2D eigenvalue weighted by Crippen LogP contribution is 2.34. The summed E-state index contributed by atoms with van der Waals surface area (Å²) in [5.74, 6) is 0.964. The number of benzene rings is 2. The van der Waals surface area contributed by atoms with E-state index in [1.807, 2.05) is 43.3 Å². The van der Waals surface area contributed by atoms with Crippen LogP contribution in [0.25, 0.3) is 22.0 Å². The van der Waals surface area contributed by atoms with Gasteiger partial charge in [-0.25, -0.2) is 9.97 Å². The van der Waals surface area contributed by atoms with E-state index in [2.05, 4.69) is 9.97 Å². The van der Waals surface area contributed by atoms with Gasteiger partial charge in [0.15, 0.2) is 0 Å². The number of rotatable bonds is 1. The Morgan fingerprint density at radius 1 is 1.00 bits per heavy atom. The molecule has 0 atom stereocenters. The third-order valence-electron chi connectivity index (χ3n) is 2.95. The van der Waals surface area contributed by atoms with Crippen LogP contribution in [0.1, 0.15) is 5.82 Å². The first kappa shape index (κ1) is 10.7. The number of nitrogens with zero attached hydrogens (tertiary/aromatic N) is 2. The van der Waals surface area contributed by atoms with E-state index in [4.69, 9.17) is 0 Å². The highest BCUT2D eigenvalue weighted by Gasteiger charge is 2.09. The van der Waals surface area contributed by atoms with Gasteiger partial charge in [0.1, 0.15) is 11.6 Å². The molecule has 1 heterocycles. The molecule has 3 rings (SSSR count). The van der Waals surface area contributed by atoms with Crippen LogP contribution in [-0.4, -0.2) is 15.1 Å². The van der Waals surface area contributed by atoms with E-state index in [0.717, 1.165) is 22.0 Å². The Morgan fingerprint density at radius 3 is 2.67 bits per heavy atom. The first-order chi connectivity index (χ1) is 8.75. The highest BCUT2D eigenvalue weighted by molar-refractivity contribution is 5.94. The fourth-order valence-electron chi connectivity index (χ4n) is 2.07. The van der Waals surface area contributed by atoms with Crippen molar-refractivity contribution in [3.8, 4) is 17.0 Å². The Morgan fingerprint density at radius 2 is 1.83 bits per heavy atom. The molecule has 3 aromatic rings. The molecule has 2 aromatic carbocycles. The first-order valence-electron chi connectivity index (χ1n) is 5.76. The second-order valence-electron chi connectivity index (χ2n) is 4.17. The molecule has 0 saturated carbocycles. The second kappa shape index (κ2) is 4.11. The molecule has 18 heavy (non-hydrogen) atoms. The zero-order valence-electron chi connectivity index (χ0n) is 9.96. The Balaban J connectivity index is 2.27. The van der Waals surface area contributed by atoms with Gasteiger partial charge in [0, 0.05) is 17.1 Å². The molecule has 0 bridgehead atoms. The maximum absolute atomic E-state index is 10.3. The largest absolute Gasteiger partial charge is 0.507 e. The van der Waals surface area contributed by atoms with Crippen LogP contribution in [0.3, 0.4) is 0 Å². The summed E-state index contributed by atoms with van der Waals surface area (Å²) in [6, 6.07) is 13.4. The summed E-state index contributed by atoms with van der Waals surface area (Å²) in [5, 5.41) is 12.2. The quantitative estimate of drug-likeness (QED) is 0.705. The number of aromatic nitrogens is 2. The molecular formula is C15H12N2O. The van der Waals surface area contributed by atoms with Crippen molar-refractivity contribution in [2.45, 2.75) is 6.92 Å². The van der Waals surface area contributed by atoms with E-state index in [0.29, 0.717) is 5.82 Å². The summed E-state index contributed by atoms with van der Waals surface area (Å²) in [6.07, 6.45) is 1.70. The lowest BCUT2D eigenvalue weighted by Crippen LogP contribution is -1.90. The molecule has 0 unspecified atom stereocenters. The van der Waals surface area contributed by atoms with Gasteiger partial charge in [-0.05, 0) is 24.4 Å². The van der Waals surface area contributed by atoms with E-state index in [-0.39, 0.29) is 5.75 Å². The summed E-state index contributed by atoms with van der Waals surface area (Å²) < 4.78 is 0. The molecule has 0 aliphatic heterocycles. The van der Waals surface area contributed by atoms with Gasteiger partial charge in [-0.15, -0.1) is 0 Å². The highest BCUT2D eigenvalue weighted by atomic mass is 16.3. The number of fused-ring (bicyclic) bond motifs is 1. The van der Waals surface area contributed by atoms with Gasteiger partial charge in [0.25, 0.3) is 0 Å². The maximum Gasteiger partial charge on any atom is 0.132 e. The standard InChI is InChI=1S/C15H12N2O/c1-10-16-9-8-14(17-10)13-7-6-11-4-2-3-5-12(11)15(13)18/h2-9,18H,1H3.